The zero-order valence-electron chi connectivity index (χ0n) is 12.9. The minimum atomic E-state index is 0.190. The number of aromatic nitrogens is 4. The van der Waals surface area contributed by atoms with Crippen molar-refractivity contribution in [2.75, 3.05) is 24.6 Å². The van der Waals surface area contributed by atoms with Crippen LogP contribution in [0.1, 0.15) is 13.3 Å². The van der Waals surface area contributed by atoms with E-state index >= 15 is 0 Å². The molecule has 0 aliphatic carbocycles. The van der Waals surface area contributed by atoms with Gasteiger partial charge in [-0.1, -0.05) is 12.1 Å². The van der Waals surface area contributed by atoms with Crippen LogP contribution in [0.4, 0.5) is 5.95 Å². The highest BCUT2D eigenvalue weighted by atomic mass is 16.5. The lowest BCUT2D eigenvalue weighted by molar-refractivity contribution is 0.0819. The van der Waals surface area contributed by atoms with Crippen molar-refractivity contribution in [3.05, 3.63) is 37.1 Å². The number of pyridine rings is 1. The molecule has 6 heteroatoms. The molecule has 1 atom stereocenters. The van der Waals surface area contributed by atoms with Gasteiger partial charge in [0.25, 0.3) is 0 Å². The Hall–Kier alpha value is -2.21. The summed E-state index contributed by atoms with van der Waals surface area (Å²) >= 11 is 0. The van der Waals surface area contributed by atoms with Crippen LogP contribution in [0.3, 0.4) is 0 Å². The first-order valence-electron chi connectivity index (χ1n) is 7.61. The fourth-order valence-electron chi connectivity index (χ4n) is 2.69. The second-order valence-corrected chi connectivity index (χ2v) is 5.42. The van der Waals surface area contributed by atoms with Gasteiger partial charge in [0.1, 0.15) is 5.69 Å². The highest BCUT2D eigenvalue weighted by Gasteiger charge is 2.22. The van der Waals surface area contributed by atoms with Crippen LogP contribution in [-0.2, 0) is 11.3 Å². The molecule has 0 unspecified atom stereocenters. The quantitative estimate of drug-likeness (QED) is 0.810. The molecule has 116 valence electrons. The van der Waals surface area contributed by atoms with Gasteiger partial charge in [0.2, 0.25) is 5.95 Å². The maximum absolute atomic E-state index is 5.71. The molecule has 22 heavy (non-hydrogen) atoms. The van der Waals surface area contributed by atoms with E-state index in [4.69, 9.17) is 4.74 Å². The lowest BCUT2D eigenvalue weighted by atomic mass is 10.3. The molecule has 1 saturated heterocycles. The Bertz CT molecular complexity index is 625. The van der Waals surface area contributed by atoms with Gasteiger partial charge in [-0.3, -0.25) is 9.55 Å². The summed E-state index contributed by atoms with van der Waals surface area (Å²) < 4.78 is 7.78. The van der Waals surface area contributed by atoms with Gasteiger partial charge in [-0.25, -0.2) is 0 Å². The van der Waals surface area contributed by atoms with Crippen molar-refractivity contribution in [3.63, 3.8) is 0 Å². The normalized spacial score (nSPS) is 19.0. The summed E-state index contributed by atoms with van der Waals surface area (Å²) in [5, 5.41) is 8.76. The van der Waals surface area contributed by atoms with Crippen molar-refractivity contribution in [1.82, 2.24) is 19.7 Å². The predicted molar refractivity (Wildman–Crippen MR) is 85.7 cm³/mol. The zero-order chi connectivity index (χ0) is 15.4. The van der Waals surface area contributed by atoms with Crippen molar-refractivity contribution in [3.8, 4) is 11.5 Å². The van der Waals surface area contributed by atoms with Crippen LogP contribution in [0.25, 0.3) is 11.5 Å². The smallest absolute Gasteiger partial charge is 0.227 e. The van der Waals surface area contributed by atoms with Gasteiger partial charge < -0.3 is 9.64 Å². The van der Waals surface area contributed by atoms with Crippen LogP contribution in [0.2, 0.25) is 0 Å². The summed E-state index contributed by atoms with van der Waals surface area (Å²) in [6.07, 6.45) is 4.81. The summed E-state index contributed by atoms with van der Waals surface area (Å²) in [5.41, 5.74) is 0.822. The van der Waals surface area contributed by atoms with Crippen molar-refractivity contribution >= 4 is 5.95 Å². The maximum atomic E-state index is 5.71. The maximum Gasteiger partial charge on any atom is 0.227 e. The van der Waals surface area contributed by atoms with Crippen molar-refractivity contribution in [1.29, 1.82) is 0 Å². The number of hydrogen-bond donors (Lipinski definition) is 0. The van der Waals surface area contributed by atoms with Crippen molar-refractivity contribution in [2.24, 2.45) is 0 Å². The largest absolute Gasteiger partial charge is 0.377 e. The van der Waals surface area contributed by atoms with Crippen LogP contribution < -0.4 is 4.90 Å². The van der Waals surface area contributed by atoms with Gasteiger partial charge in [-0.15, -0.1) is 16.8 Å². The first-order valence-corrected chi connectivity index (χ1v) is 7.61. The summed E-state index contributed by atoms with van der Waals surface area (Å²) in [5.74, 6) is 1.63. The average molecular weight is 299 g/mol. The summed E-state index contributed by atoms with van der Waals surface area (Å²) in [6.45, 7) is 9.12. The number of anilines is 1. The molecular weight excluding hydrogens is 278 g/mol. The first-order chi connectivity index (χ1) is 10.8. The SMILES string of the molecule is C=CCn1c(-c2ccccn2)nnc1N1CCCO[C@@H](C)C1. The van der Waals surface area contributed by atoms with E-state index in [1.54, 1.807) is 6.20 Å². The summed E-state index contributed by atoms with van der Waals surface area (Å²) in [6, 6.07) is 5.80. The lowest BCUT2D eigenvalue weighted by Gasteiger charge is -2.23. The molecule has 0 amide bonds. The lowest BCUT2D eigenvalue weighted by Crippen LogP contribution is -2.32. The van der Waals surface area contributed by atoms with E-state index in [1.165, 1.54) is 0 Å². The summed E-state index contributed by atoms with van der Waals surface area (Å²) in [7, 11) is 0. The molecule has 1 fully saturated rings. The topological polar surface area (TPSA) is 56.1 Å². The van der Waals surface area contributed by atoms with Crippen LogP contribution in [0.5, 0.6) is 0 Å². The predicted octanol–water partition coefficient (Wildman–Crippen LogP) is 2.14. The molecule has 0 radical (unpaired) electrons. The van der Waals surface area contributed by atoms with Crippen LogP contribution in [-0.4, -0.2) is 45.5 Å². The van der Waals surface area contributed by atoms with E-state index in [1.807, 2.05) is 24.3 Å². The van der Waals surface area contributed by atoms with Gasteiger partial charge in [-0.2, -0.15) is 0 Å². The van der Waals surface area contributed by atoms with E-state index in [0.29, 0.717) is 6.54 Å². The highest BCUT2D eigenvalue weighted by molar-refractivity contribution is 5.53. The number of hydrogen-bond acceptors (Lipinski definition) is 5. The third-order valence-electron chi connectivity index (χ3n) is 3.67. The van der Waals surface area contributed by atoms with Crippen LogP contribution >= 0.6 is 0 Å². The number of rotatable bonds is 4. The monoisotopic (exact) mass is 299 g/mol. The van der Waals surface area contributed by atoms with Gasteiger partial charge >= 0.3 is 0 Å². The second kappa shape index (κ2) is 6.70. The Morgan fingerprint density at radius 1 is 1.41 bits per heavy atom. The standard InChI is InChI=1S/C16H21N5O/c1-3-9-21-15(14-7-4-5-8-17-14)18-19-16(21)20-10-6-11-22-13(2)12-20/h3-5,7-8,13H,1,6,9-12H2,2H3/t13-/m0/s1. The Kier molecular flexibility index (Phi) is 4.48. The molecule has 3 rings (SSSR count). The second-order valence-electron chi connectivity index (χ2n) is 5.42. The molecule has 2 aromatic heterocycles. The first kappa shape index (κ1) is 14.7. The number of allylic oxidation sites excluding steroid dienone is 1. The molecular formula is C16H21N5O. The minimum Gasteiger partial charge on any atom is -0.377 e. The van der Waals surface area contributed by atoms with Crippen LogP contribution in [0, 0.1) is 0 Å². The average Bonchev–Trinajstić information content (AvgIpc) is 2.83. The van der Waals surface area contributed by atoms with Gasteiger partial charge in [0.15, 0.2) is 5.82 Å². The van der Waals surface area contributed by atoms with E-state index < -0.39 is 0 Å². The Balaban J connectivity index is 1.97. The third kappa shape index (κ3) is 3.01. The highest BCUT2D eigenvalue weighted by Crippen LogP contribution is 2.22. The van der Waals surface area contributed by atoms with Crippen molar-refractivity contribution < 1.29 is 4.74 Å². The molecule has 1 aliphatic heterocycles. The molecule has 0 saturated carbocycles. The zero-order valence-corrected chi connectivity index (χ0v) is 12.9. The van der Waals surface area contributed by atoms with Gasteiger partial charge in [0.05, 0.1) is 6.10 Å². The van der Waals surface area contributed by atoms with E-state index in [2.05, 4.69) is 38.2 Å². The molecule has 6 nitrogen and oxygen atoms in total. The van der Waals surface area contributed by atoms with Crippen LogP contribution in [0.15, 0.2) is 37.1 Å². The Morgan fingerprint density at radius 2 is 2.32 bits per heavy atom. The molecule has 0 aromatic carbocycles. The number of ether oxygens (including phenoxy) is 1. The van der Waals surface area contributed by atoms with E-state index in [-0.39, 0.29) is 6.10 Å². The molecule has 0 N–H and O–H groups in total. The molecule has 2 aromatic rings. The number of nitrogens with zero attached hydrogens (tertiary/aromatic N) is 5. The Morgan fingerprint density at radius 3 is 3.09 bits per heavy atom. The Labute approximate surface area is 130 Å². The fourth-order valence-corrected chi connectivity index (χ4v) is 2.69. The fraction of sp³-hybridized carbons (Fsp3) is 0.438. The van der Waals surface area contributed by atoms with Crippen molar-refractivity contribution in [2.45, 2.75) is 26.0 Å². The van der Waals surface area contributed by atoms with Gasteiger partial charge in [-0.05, 0) is 25.5 Å². The van der Waals surface area contributed by atoms with Gasteiger partial charge in [0, 0.05) is 32.4 Å². The summed E-state index contributed by atoms with van der Waals surface area (Å²) in [4.78, 5) is 6.62. The molecule has 1 aliphatic rings. The molecule has 0 spiro atoms. The minimum absolute atomic E-state index is 0.190. The van der Waals surface area contributed by atoms with E-state index in [0.717, 1.165) is 43.6 Å². The third-order valence-corrected chi connectivity index (χ3v) is 3.67. The molecule has 0 bridgehead atoms. The molecule has 3 heterocycles. The van der Waals surface area contributed by atoms with E-state index in [9.17, 15) is 0 Å².